The van der Waals surface area contributed by atoms with Gasteiger partial charge in [-0.15, -0.1) is 11.3 Å². The number of fused-ring (bicyclic) bond motifs is 1. The fraction of sp³-hybridized carbons (Fsp3) is 0.125. The lowest BCUT2D eigenvalue weighted by Crippen LogP contribution is -2.17. The molecule has 0 aliphatic carbocycles. The lowest BCUT2D eigenvalue weighted by Gasteiger charge is -2.15. The van der Waals surface area contributed by atoms with Gasteiger partial charge in [0, 0.05) is 10.9 Å². The normalized spacial score (nSPS) is 12.2. The van der Waals surface area contributed by atoms with Gasteiger partial charge in [-0.05, 0) is 18.1 Å². The summed E-state index contributed by atoms with van der Waals surface area (Å²) < 4.78 is 10.7. The Morgan fingerprint density at radius 3 is 2.67 bits per heavy atom. The van der Waals surface area contributed by atoms with Gasteiger partial charge in [0.05, 0.1) is 0 Å². The second-order valence-electron chi connectivity index (χ2n) is 4.23. The molecule has 0 bridgehead atoms. The van der Waals surface area contributed by atoms with Crippen LogP contribution in [-0.4, -0.2) is 24.8 Å². The quantitative estimate of drug-likeness (QED) is 0.485. The summed E-state index contributed by atoms with van der Waals surface area (Å²) in [4.78, 5) is 24.3. The number of rotatable bonds is 2. The van der Waals surface area contributed by atoms with E-state index in [-0.39, 0.29) is 4.88 Å². The lowest BCUT2D eigenvalue weighted by atomic mass is 10.2. The molecule has 4 nitrogen and oxygen atoms in total. The van der Waals surface area contributed by atoms with Crippen LogP contribution in [0.25, 0.3) is 0 Å². The monoisotopic (exact) mass is 298 g/mol. The number of Topliss-reactive ketones (excluding diaryl/α,β-unsaturated/α-hetero) is 2. The smallest absolute Gasteiger partial charge is 0.277 e. The largest absolute Gasteiger partial charge is 0.485 e. The molecule has 0 spiro atoms. The number of carbonyl (C=O) groups excluding carboxylic acids is 2. The van der Waals surface area contributed by atoms with E-state index in [1.807, 2.05) is 18.2 Å². The van der Waals surface area contributed by atoms with Crippen LogP contribution in [0.2, 0.25) is 0 Å². The summed E-state index contributed by atoms with van der Waals surface area (Å²) in [7, 11) is 0. The van der Waals surface area contributed by atoms with Crippen LogP contribution in [0.15, 0.2) is 35.7 Å². The minimum Gasteiger partial charge on any atom is -0.485 e. The molecule has 1 aliphatic heterocycles. The molecule has 1 aliphatic rings. The van der Waals surface area contributed by atoms with E-state index in [9.17, 15) is 9.59 Å². The van der Waals surface area contributed by atoms with Crippen molar-refractivity contribution < 1.29 is 19.1 Å². The highest BCUT2D eigenvalue weighted by atomic mass is 32.1. The molecule has 0 saturated carbocycles. The molecule has 0 radical (unpaired) electrons. The van der Waals surface area contributed by atoms with Crippen LogP contribution in [-0.2, 0) is 4.79 Å². The first-order chi connectivity index (χ1) is 10.3. The average Bonchev–Trinajstić information content (AvgIpc) is 2.97. The summed E-state index contributed by atoms with van der Waals surface area (Å²) in [6, 6.07) is 9.03. The molecule has 1 aromatic carbocycles. The Morgan fingerprint density at radius 1 is 1.10 bits per heavy atom. The Labute approximate surface area is 125 Å². The Kier molecular flexibility index (Phi) is 3.71. The Hall–Kier alpha value is -2.58. The molecule has 0 unspecified atom stereocenters. The molecule has 1 aromatic heterocycles. The lowest BCUT2D eigenvalue weighted by molar-refractivity contribution is -0.110. The van der Waals surface area contributed by atoms with Crippen LogP contribution in [0.3, 0.4) is 0 Å². The molecule has 0 saturated heterocycles. The van der Waals surface area contributed by atoms with Gasteiger partial charge in [0.2, 0.25) is 0 Å². The summed E-state index contributed by atoms with van der Waals surface area (Å²) in [6.45, 7) is 0.813. The molecule has 21 heavy (non-hydrogen) atoms. The van der Waals surface area contributed by atoms with E-state index in [0.29, 0.717) is 30.3 Å². The molecule has 2 heterocycles. The van der Waals surface area contributed by atoms with Crippen molar-refractivity contribution in [1.82, 2.24) is 0 Å². The third-order valence-electron chi connectivity index (χ3n) is 2.81. The average molecular weight is 298 g/mol. The summed E-state index contributed by atoms with van der Waals surface area (Å²) in [5.74, 6) is 4.50. The van der Waals surface area contributed by atoms with Crippen LogP contribution in [0.4, 0.5) is 0 Å². The van der Waals surface area contributed by atoms with Gasteiger partial charge in [-0.25, -0.2) is 0 Å². The molecule has 2 aromatic rings. The Balaban J connectivity index is 1.81. The second-order valence-corrected chi connectivity index (χ2v) is 5.11. The number of ether oxygens (including phenoxy) is 2. The van der Waals surface area contributed by atoms with E-state index in [4.69, 9.17) is 9.47 Å². The molecule has 0 N–H and O–H groups in total. The first-order valence-corrected chi connectivity index (χ1v) is 7.16. The van der Waals surface area contributed by atoms with Gasteiger partial charge in [-0.3, -0.25) is 9.59 Å². The van der Waals surface area contributed by atoms with Crippen molar-refractivity contribution in [2.45, 2.75) is 0 Å². The maximum Gasteiger partial charge on any atom is 0.277 e. The fourth-order valence-corrected chi connectivity index (χ4v) is 2.70. The molecule has 104 valence electrons. The number of thiophene rings is 1. The first-order valence-electron chi connectivity index (χ1n) is 6.28. The van der Waals surface area contributed by atoms with E-state index < -0.39 is 11.6 Å². The number of benzene rings is 1. The van der Waals surface area contributed by atoms with Gasteiger partial charge >= 0.3 is 0 Å². The molecule has 0 amide bonds. The van der Waals surface area contributed by atoms with E-state index >= 15 is 0 Å². The van der Waals surface area contributed by atoms with E-state index in [2.05, 4.69) is 11.8 Å². The Morgan fingerprint density at radius 2 is 1.86 bits per heavy atom. The standard InChI is InChI=1S/C16H10O4S/c17-12(7-6-11-4-2-1-3-5-11)14(18)16-15-13(10-21-16)19-8-9-20-15/h1-5,10H,8-9H2. The predicted octanol–water partition coefficient (Wildman–Crippen LogP) is 2.32. The number of ketones is 2. The topological polar surface area (TPSA) is 52.6 Å². The zero-order valence-corrected chi connectivity index (χ0v) is 11.7. The van der Waals surface area contributed by atoms with Crippen LogP contribution in [0, 0.1) is 11.8 Å². The zero-order chi connectivity index (χ0) is 14.7. The highest BCUT2D eigenvalue weighted by Gasteiger charge is 2.26. The predicted molar refractivity (Wildman–Crippen MR) is 78.0 cm³/mol. The fourth-order valence-electron chi connectivity index (χ4n) is 1.83. The van der Waals surface area contributed by atoms with Gasteiger partial charge < -0.3 is 9.47 Å². The van der Waals surface area contributed by atoms with Crippen molar-refractivity contribution in [3.05, 3.63) is 46.2 Å². The highest BCUT2D eigenvalue weighted by Crippen LogP contribution is 2.39. The van der Waals surface area contributed by atoms with E-state index in [1.165, 1.54) is 0 Å². The van der Waals surface area contributed by atoms with Crippen molar-refractivity contribution in [2.24, 2.45) is 0 Å². The van der Waals surface area contributed by atoms with Gasteiger partial charge in [0.15, 0.2) is 11.5 Å². The van der Waals surface area contributed by atoms with Gasteiger partial charge in [0.1, 0.15) is 18.1 Å². The summed E-state index contributed by atoms with van der Waals surface area (Å²) in [6.07, 6.45) is 0. The zero-order valence-electron chi connectivity index (χ0n) is 10.9. The van der Waals surface area contributed by atoms with Crippen LogP contribution < -0.4 is 9.47 Å². The molecule has 3 rings (SSSR count). The van der Waals surface area contributed by atoms with Crippen molar-refractivity contribution in [1.29, 1.82) is 0 Å². The van der Waals surface area contributed by atoms with E-state index in [1.54, 1.807) is 17.5 Å². The SMILES string of the molecule is O=C(C#Cc1ccccc1)C(=O)c1scc2c1OCCO2. The van der Waals surface area contributed by atoms with Crippen molar-refractivity contribution >= 4 is 22.9 Å². The summed E-state index contributed by atoms with van der Waals surface area (Å²) in [5, 5.41) is 1.67. The number of hydrogen-bond donors (Lipinski definition) is 0. The maximum atomic E-state index is 12.1. The van der Waals surface area contributed by atoms with Crippen molar-refractivity contribution in [3.63, 3.8) is 0 Å². The second kappa shape index (κ2) is 5.81. The van der Waals surface area contributed by atoms with E-state index in [0.717, 1.165) is 11.3 Å². The number of hydrogen-bond acceptors (Lipinski definition) is 5. The molecule has 0 fully saturated rings. The summed E-state index contributed by atoms with van der Waals surface area (Å²) in [5.41, 5.74) is 0.687. The highest BCUT2D eigenvalue weighted by molar-refractivity contribution is 7.13. The Bertz CT molecular complexity index is 750. The molecular formula is C16H10O4S. The van der Waals surface area contributed by atoms with Crippen LogP contribution in [0.1, 0.15) is 15.2 Å². The van der Waals surface area contributed by atoms with Crippen LogP contribution >= 0.6 is 11.3 Å². The van der Waals surface area contributed by atoms with Gasteiger partial charge in [0.25, 0.3) is 11.6 Å². The third-order valence-corrected chi connectivity index (χ3v) is 3.75. The van der Waals surface area contributed by atoms with Gasteiger partial charge in [-0.2, -0.15) is 0 Å². The van der Waals surface area contributed by atoms with Crippen molar-refractivity contribution in [2.75, 3.05) is 13.2 Å². The van der Waals surface area contributed by atoms with Crippen molar-refractivity contribution in [3.8, 4) is 23.3 Å². The number of carbonyl (C=O) groups is 2. The third kappa shape index (κ3) is 2.81. The minimum absolute atomic E-state index is 0.247. The molecule has 5 heteroatoms. The van der Waals surface area contributed by atoms with Crippen LogP contribution in [0.5, 0.6) is 11.5 Å². The minimum atomic E-state index is -0.752. The summed E-state index contributed by atoms with van der Waals surface area (Å²) >= 11 is 1.14. The van der Waals surface area contributed by atoms with Gasteiger partial charge in [-0.1, -0.05) is 24.1 Å². The molecular weight excluding hydrogens is 288 g/mol. The first kappa shape index (κ1) is 13.4. The maximum absolute atomic E-state index is 12.1. The molecule has 0 atom stereocenters.